The first-order valence-corrected chi connectivity index (χ1v) is 3.70. The standard InChI is InChI=1S/C8H6N4/c1-2-8-6(4-10-12-8)5-3-9-11-7(1)5/h1-4H,(H,9,11)(H,10,12). The van der Waals surface area contributed by atoms with E-state index in [1.165, 1.54) is 0 Å². The van der Waals surface area contributed by atoms with Crippen LogP contribution in [0.1, 0.15) is 0 Å². The maximum absolute atomic E-state index is 3.96. The van der Waals surface area contributed by atoms with Crippen molar-refractivity contribution in [2.75, 3.05) is 0 Å². The predicted octanol–water partition coefficient (Wildman–Crippen LogP) is 1.44. The van der Waals surface area contributed by atoms with Crippen LogP contribution in [-0.2, 0) is 0 Å². The molecule has 4 nitrogen and oxygen atoms in total. The molecule has 0 spiro atoms. The molecule has 0 fully saturated rings. The van der Waals surface area contributed by atoms with Gasteiger partial charge in [-0.1, -0.05) is 0 Å². The van der Waals surface area contributed by atoms with Gasteiger partial charge in [0.15, 0.2) is 0 Å². The molecule has 2 aromatic heterocycles. The Hall–Kier alpha value is -1.84. The van der Waals surface area contributed by atoms with Gasteiger partial charge in [0.2, 0.25) is 0 Å². The van der Waals surface area contributed by atoms with E-state index in [2.05, 4.69) is 20.4 Å². The SMILES string of the molecule is c1cc2[nH]ncc2c2cn[nH]c12. The molecule has 3 rings (SSSR count). The fraction of sp³-hybridized carbons (Fsp3) is 0. The van der Waals surface area contributed by atoms with E-state index in [4.69, 9.17) is 0 Å². The van der Waals surface area contributed by atoms with Crippen LogP contribution in [0.5, 0.6) is 0 Å². The monoisotopic (exact) mass is 158 g/mol. The molecule has 0 atom stereocenters. The molecule has 0 aliphatic heterocycles. The second-order valence-corrected chi connectivity index (χ2v) is 2.73. The molecule has 0 aliphatic rings. The van der Waals surface area contributed by atoms with Crippen molar-refractivity contribution < 1.29 is 0 Å². The zero-order valence-corrected chi connectivity index (χ0v) is 6.20. The normalized spacial score (nSPS) is 11.3. The van der Waals surface area contributed by atoms with Gasteiger partial charge in [0.1, 0.15) is 0 Å². The summed E-state index contributed by atoms with van der Waals surface area (Å²) in [6.07, 6.45) is 3.63. The topological polar surface area (TPSA) is 57.4 Å². The number of aromatic amines is 2. The van der Waals surface area contributed by atoms with Crippen LogP contribution in [-0.4, -0.2) is 20.4 Å². The Bertz CT molecular complexity index is 484. The Kier molecular flexibility index (Phi) is 0.889. The van der Waals surface area contributed by atoms with Gasteiger partial charge in [-0.05, 0) is 12.1 Å². The zero-order valence-electron chi connectivity index (χ0n) is 6.20. The second kappa shape index (κ2) is 1.85. The van der Waals surface area contributed by atoms with Gasteiger partial charge in [-0.3, -0.25) is 10.2 Å². The number of nitrogens with zero attached hydrogens (tertiary/aromatic N) is 2. The van der Waals surface area contributed by atoms with Gasteiger partial charge in [-0.15, -0.1) is 0 Å². The number of H-pyrrole nitrogens is 2. The summed E-state index contributed by atoms with van der Waals surface area (Å²) in [5.41, 5.74) is 2.09. The smallest absolute Gasteiger partial charge is 0.0658 e. The fourth-order valence-corrected chi connectivity index (χ4v) is 1.44. The second-order valence-electron chi connectivity index (χ2n) is 2.73. The van der Waals surface area contributed by atoms with Gasteiger partial charge in [-0.25, -0.2) is 0 Å². The summed E-state index contributed by atoms with van der Waals surface area (Å²) in [6.45, 7) is 0. The average molecular weight is 158 g/mol. The Morgan fingerprint density at radius 1 is 0.833 bits per heavy atom. The van der Waals surface area contributed by atoms with E-state index in [1.54, 1.807) is 0 Å². The molecule has 0 aliphatic carbocycles. The molecular formula is C8H6N4. The Labute approximate surface area is 67.6 Å². The van der Waals surface area contributed by atoms with Gasteiger partial charge in [0.05, 0.1) is 23.4 Å². The highest BCUT2D eigenvalue weighted by Gasteiger charge is 2.01. The molecule has 2 N–H and O–H groups in total. The summed E-state index contributed by atoms with van der Waals surface area (Å²) in [5.74, 6) is 0. The van der Waals surface area contributed by atoms with Crippen molar-refractivity contribution in [1.82, 2.24) is 20.4 Å². The first-order chi connectivity index (χ1) is 5.95. The highest BCUT2D eigenvalue weighted by molar-refractivity contribution is 6.04. The lowest BCUT2D eigenvalue weighted by molar-refractivity contribution is 1.11. The molecule has 0 saturated heterocycles. The first-order valence-electron chi connectivity index (χ1n) is 3.70. The Morgan fingerprint density at radius 2 is 1.33 bits per heavy atom. The first kappa shape index (κ1) is 5.77. The molecule has 0 amide bonds. The van der Waals surface area contributed by atoms with Crippen molar-refractivity contribution in [3.05, 3.63) is 24.5 Å². The third-order valence-electron chi connectivity index (χ3n) is 2.04. The van der Waals surface area contributed by atoms with Gasteiger partial charge in [0.25, 0.3) is 0 Å². The summed E-state index contributed by atoms with van der Waals surface area (Å²) < 4.78 is 0. The minimum Gasteiger partial charge on any atom is -0.278 e. The Balaban J connectivity index is 2.71. The van der Waals surface area contributed by atoms with Crippen LogP contribution in [0.4, 0.5) is 0 Å². The van der Waals surface area contributed by atoms with Crippen LogP contribution in [0.15, 0.2) is 24.5 Å². The molecule has 2 heterocycles. The Morgan fingerprint density at radius 3 is 1.83 bits per heavy atom. The summed E-state index contributed by atoms with van der Waals surface area (Å²) in [5, 5.41) is 16.0. The fourth-order valence-electron chi connectivity index (χ4n) is 1.44. The summed E-state index contributed by atoms with van der Waals surface area (Å²) in [4.78, 5) is 0. The maximum atomic E-state index is 3.96. The zero-order chi connectivity index (χ0) is 7.97. The van der Waals surface area contributed by atoms with Crippen LogP contribution in [0, 0.1) is 0 Å². The van der Waals surface area contributed by atoms with Crippen LogP contribution < -0.4 is 0 Å². The van der Waals surface area contributed by atoms with E-state index >= 15 is 0 Å². The van der Waals surface area contributed by atoms with E-state index in [0.717, 1.165) is 21.8 Å². The van der Waals surface area contributed by atoms with Crippen molar-refractivity contribution in [3.63, 3.8) is 0 Å². The third kappa shape index (κ3) is 0.567. The van der Waals surface area contributed by atoms with E-state index < -0.39 is 0 Å². The summed E-state index contributed by atoms with van der Waals surface area (Å²) in [6, 6.07) is 3.98. The summed E-state index contributed by atoms with van der Waals surface area (Å²) >= 11 is 0. The lowest BCUT2D eigenvalue weighted by Crippen LogP contribution is -1.69. The summed E-state index contributed by atoms with van der Waals surface area (Å²) in [7, 11) is 0. The maximum Gasteiger partial charge on any atom is 0.0658 e. The number of nitrogens with one attached hydrogen (secondary N) is 2. The molecule has 1 aromatic carbocycles. The van der Waals surface area contributed by atoms with Crippen molar-refractivity contribution in [2.45, 2.75) is 0 Å². The number of hydrogen-bond acceptors (Lipinski definition) is 2. The number of fused-ring (bicyclic) bond motifs is 3. The number of aromatic nitrogens is 4. The molecule has 58 valence electrons. The van der Waals surface area contributed by atoms with Gasteiger partial charge in [-0.2, -0.15) is 10.2 Å². The minimum atomic E-state index is 1.05. The van der Waals surface area contributed by atoms with Crippen LogP contribution in [0.25, 0.3) is 21.8 Å². The van der Waals surface area contributed by atoms with E-state index in [-0.39, 0.29) is 0 Å². The predicted molar refractivity (Wildman–Crippen MR) is 45.7 cm³/mol. The van der Waals surface area contributed by atoms with Crippen molar-refractivity contribution in [1.29, 1.82) is 0 Å². The third-order valence-corrected chi connectivity index (χ3v) is 2.04. The average Bonchev–Trinajstić information content (AvgIpc) is 2.71. The highest BCUT2D eigenvalue weighted by atomic mass is 15.1. The molecule has 0 bridgehead atoms. The van der Waals surface area contributed by atoms with Crippen molar-refractivity contribution in [2.24, 2.45) is 0 Å². The number of hydrogen-bond donors (Lipinski definition) is 2. The van der Waals surface area contributed by atoms with Crippen LogP contribution >= 0.6 is 0 Å². The van der Waals surface area contributed by atoms with E-state index in [1.807, 2.05) is 24.5 Å². The molecule has 4 heteroatoms. The number of benzene rings is 1. The largest absolute Gasteiger partial charge is 0.278 e. The molecule has 0 radical (unpaired) electrons. The molecule has 0 unspecified atom stereocenters. The molecule has 3 aromatic rings. The van der Waals surface area contributed by atoms with Crippen molar-refractivity contribution in [3.8, 4) is 0 Å². The number of rotatable bonds is 0. The lowest BCUT2D eigenvalue weighted by Gasteiger charge is -1.88. The van der Waals surface area contributed by atoms with Gasteiger partial charge in [0, 0.05) is 10.8 Å². The molecule has 0 saturated carbocycles. The van der Waals surface area contributed by atoms with Crippen molar-refractivity contribution >= 4 is 21.8 Å². The van der Waals surface area contributed by atoms with Crippen LogP contribution in [0.2, 0.25) is 0 Å². The lowest BCUT2D eigenvalue weighted by atomic mass is 10.2. The van der Waals surface area contributed by atoms with E-state index in [0.29, 0.717) is 0 Å². The van der Waals surface area contributed by atoms with Crippen LogP contribution in [0.3, 0.4) is 0 Å². The quantitative estimate of drug-likeness (QED) is 0.520. The molecule has 12 heavy (non-hydrogen) atoms. The minimum absolute atomic E-state index is 1.05. The van der Waals surface area contributed by atoms with Gasteiger partial charge < -0.3 is 0 Å². The van der Waals surface area contributed by atoms with E-state index in [9.17, 15) is 0 Å². The molecular weight excluding hydrogens is 152 g/mol. The highest BCUT2D eigenvalue weighted by Crippen LogP contribution is 2.20. The van der Waals surface area contributed by atoms with Gasteiger partial charge >= 0.3 is 0 Å².